The molecule has 8 nitrogen and oxygen atoms in total. The third-order valence-corrected chi connectivity index (χ3v) is 5.37. The fourth-order valence-corrected chi connectivity index (χ4v) is 4.23. The van der Waals surface area contributed by atoms with Crippen molar-refractivity contribution in [1.82, 2.24) is 24.5 Å². The first-order valence-corrected chi connectivity index (χ1v) is 8.77. The minimum absolute atomic E-state index is 0.00178. The van der Waals surface area contributed by atoms with Crippen LogP contribution in [0.5, 0.6) is 0 Å². The molecule has 1 aliphatic carbocycles. The van der Waals surface area contributed by atoms with Gasteiger partial charge in [-0.2, -0.15) is 4.98 Å². The van der Waals surface area contributed by atoms with Crippen LogP contribution < -0.4 is 0 Å². The minimum atomic E-state index is -0.956. The van der Waals surface area contributed by atoms with Crippen molar-refractivity contribution in [2.24, 2.45) is 5.92 Å². The Hall–Kier alpha value is -2.03. The highest BCUT2D eigenvalue weighted by atomic mass is 79.9. The molecule has 1 aliphatic heterocycles. The smallest absolute Gasteiger partial charge is 0.326 e. The first-order chi connectivity index (χ1) is 11.5. The first-order valence-electron chi connectivity index (χ1n) is 7.98. The van der Waals surface area contributed by atoms with E-state index < -0.39 is 17.9 Å². The molecule has 9 heteroatoms. The van der Waals surface area contributed by atoms with Gasteiger partial charge >= 0.3 is 5.97 Å². The molecular formula is C15H16BrN5O3. The van der Waals surface area contributed by atoms with Gasteiger partial charge in [0.25, 0.3) is 11.7 Å². The van der Waals surface area contributed by atoms with Crippen LogP contribution in [0.2, 0.25) is 0 Å². The molecule has 0 aromatic carbocycles. The molecule has 2 fully saturated rings. The molecular weight excluding hydrogens is 378 g/mol. The van der Waals surface area contributed by atoms with Crippen LogP contribution in [0, 0.1) is 5.92 Å². The number of carbonyl (C=O) groups is 2. The number of halogens is 1. The number of nitrogens with zero attached hydrogens (tertiary/aromatic N) is 5. The molecule has 126 valence electrons. The Bertz CT molecular complexity index is 823. The Morgan fingerprint density at radius 2 is 2.08 bits per heavy atom. The number of carboxylic acid groups (broad SMARTS) is 1. The predicted octanol–water partition coefficient (Wildman–Crippen LogP) is 1.74. The predicted molar refractivity (Wildman–Crippen MR) is 86.4 cm³/mol. The molecule has 1 N–H and O–H groups in total. The van der Waals surface area contributed by atoms with E-state index in [0.29, 0.717) is 12.2 Å². The molecule has 24 heavy (non-hydrogen) atoms. The number of likely N-dealkylation sites (tertiary alicyclic amines) is 1. The summed E-state index contributed by atoms with van der Waals surface area (Å²) in [6.07, 6.45) is 7.69. The average molecular weight is 394 g/mol. The standard InChI is InChI=1S/C15H16BrN5O3/c16-9-6-17-15-18-12(19-20(15)7-9)13(22)21-10-4-2-1-3-8(10)5-11(21)14(23)24/h6-8,10-11H,1-5H2,(H,23,24). The van der Waals surface area contributed by atoms with E-state index in [2.05, 4.69) is 31.0 Å². The lowest BCUT2D eigenvalue weighted by Crippen LogP contribution is -2.46. The van der Waals surface area contributed by atoms with E-state index in [1.165, 1.54) is 9.42 Å². The van der Waals surface area contributed by atoms with E-state index in [-0.39, 0.29) is 17.8 Å². The van der Waals surface area contributed by atoms with Crippen LogP contribution in [0.1, 0.15) is 42.7 Å². The second-order valence-corrected chi connectivity index (χ2v) is 7.28. The highest BCUT2D eigenvalue weighted by Crippen LogP contribution is 2.40. The lowest BCUT2D eigenvalue weighted by Gasteiger charge is -2.32. The minimum Gasteiger partial charge on any atom is -0.480 e. The van der Waals surface area contributed by atoms with Gasteiger partial charge in [-0.15, -0.1) is 5.10 Å². The van der Waals surface area contributed by atoms with E-state index in [0.717, 1.165) is 30.2 Å². The molecule has 3 heterocycles. The molecule has 2 aromatic heterocycles. The molecule has 3 atom stereocenters. The highest BCUT2D eigenvalue weighted by Gasteiger charge is 2.48. The van der Waals surface area contributed by atoms with Gasteiger partial charge in [-0.05, 0) is 41.1 Å². The fourth-order valence-electron chi connectivity index (χ4n) is 3.94. The summed E-state index contributed by atoms with van der Waals surface area (Å²) in [7, 11) is 0. The molecule has 1 saturated carbocycles. The summed E-state index contributed by atoms with van der Waals surface area (Å²) in [6, 6.07) is -0.824. The van der Waals surface area contributed by atoms with Gasteiger partial charge in [-0.3, -0.25) is 4.79 Å². The number of rotatable bonds is 2. The molecule has 1 saturated heterocycles. The van der Waals surface area contributed by atoms with Crippen LogP contribution in [0.25, 0.3) is 5.78 Å². The quantitative estimate of drug-likeness (QED) is 0.833. The summed E-state index contributed by atoms with van der Waals surface area (Å²) in [5.74, 6) is -0.806. The second-order valence-electron chi connectivity index (χ2n) is 6.37. The van der Waals surface area contributed by atoms with Crippen molar-refractivity contribution in [2.45, 2.75) is 44.2 Å². The summed E-state index contributed by atoms with van der Waals surface area (Å²) in [5, 5.41) is 13.7. The lowest BCUT2D eigenvalue weighted by atomic mass is 9.85. The maximum atomic E-state index is 13.0. The zero-order chi connectivity index (χ0) is 16.8. The van der Waals surface area contributed by atoms with Gasteiger partial charge in [0.05, 0.1) is 4.47 Å². The lowest BCUT2D eigenvalue weighted by molar-refractivity contribution is -0.141. The van der Waals surface area contributed by atoms with Crippen LogP contribution >= 0.6 is 15.9 Å². The highest BCUT2D eigenvalue weighted by molar-refractivity contribution is 9.10. The Kier molecular flexibility index (Phi) is 3.75. The number of carbonyl (C=O) groups excluding carboxylic acids is 1. The maximum Gasteiger partial charge on any atom is 0.326 e. The number of amides is 1. The van der Waals surface area contributed by atoms with E-state index in [9.17, 15) is 14.7 Å². The van der Waals surface area contributed by atoms with Gasteiger partial charge in [-0.1, -0.05) is 12.8 Å². The molecule has 4 rings (SSSR count). The van der Waals surface area contributed by atoms with E-state index in [1.807, 2.05) is 0 Å². The first kappa shape index (κ1) is 15.5. The Morgan fingerprint density at radius 1 is 1.29 bits per heavy atom. The van der Waals surface area contributed by atoms with Crippen LogP contribution in [0.4, 0.5) is 0 Å². The van der Waals surface area contributed by atoms with E-state index in [1.54, 1.807) is 12.4 Å². The summed E-state index contributed by atoms with van der Waals surface area (Å²) in [6.45, 7) is 0. The number of fused-ring (bicyclic) bond motifs is 2. The normalized spacial score (nSPS) is 26.5. The summed E-state index contributed by atoms with van der Waals surface area (Å²) < 4.78 is 2.14. The van der Waals surface area contributed by atoms with Crippen LogP contribution in [-0.2, 0) is 4.79 Å². The number of aliphatic carboxylic acids is 1. The van der Waals surface area contributed by atoms with Crippen molar-refractivity contribution < 1.29 is 14.7 Å². The van der Waals surface area contributed by atoms with Crippen molar-refractivity contribution >= 4 is 33.6 Å². The van der Waals surface area contributed by atoms with Crippen molar-refractivity contribution in [2.75, 3.05) is 0 Å². The van der Waals surface area contributed by atoms with Gasteiger partial charge in [0.2, 0.25) is 5.82 Å². The molecule has 3 unspecified atom stereocenters. The Morgan fingerprint density at radius 3 is 2.88 bits per heavy atom. The van der Waals surface area contributed by atoms with Gasteiger partial charge in [0.15, 0.2) is 0 Å². The molecule has 0 radical (unpaired) electrons. The topological polar surface area (TPSA) is 101 Å². The zero-order valence-electron chi connectivity index (χ0n) is 12.8. The molecule has 0 bridgehead atoms. The SMILES string of the molecule is O=C(O)C1CC2CCCCC2N1C(=O)c1nc2ncc(Br)cn2n1. The van der Waals surface area contributed by atoms with Gasteiger partial charge < -0.3 is 10.0 Å². The monoisotopic (exact) mass is 393 g/mol. The third kappa shape index (κ3) is 2.47. The van der Waals surface area contributed by atoms with Crippen molar-refractivity contribution in [3.63, 3.8) is 0 Å². The third-order valence-electron chi connectivity index (χ3n) is 4.96. The van der Waals surface area contributed by atoms with Gasteiger partial charge in [0.1, 0.15) is 6.04 Å². The second kappa shape index (κ2) is 5.80. The number of carboxylic acids is 1. The Labute approximate surface area is 146 Å². The summed E-state index contributed by atoms with van der Waals surface area (Å²) in [4.78, 5) is 34.4. The van der Waals surface area contributed by atoms with Gasteiger partial charge in [0, 0.05) is 18.4 Å². The van der Waals surface area contributed by atoms with Gasteiger partial charge in [-0.25, -0.2) is 14.3 Å². The maximum absolute atomic E-state index is 13.0. The van der Waals surface area contributed by atoms with E-state index >= 15 is 0 Å². The Balaban J connectivity index is 1.70. The molecule has 0 spiro atoms. The average Bonchev–Trinajstić information content (AvgIpc) is 3.15. The van der Waals surface area contributed by atoms with Crippen LogP contribution in [0.15, 0.2) is 16.9 Å². The number of hydrogen-bond acceptors (Lipinski definition) is 5. The molecule has 2 aromatic rings. The molecule has 2 aliphatic rings. The zero-order valence-corrected chi connectivity index (χ0v) is 14.4. The van der Waals surface area contributed by atoms with Crippen molar-refractivity contribution in [3.8, 4) is 0 Å². The number of aromatic nitrogens is 4. The summed E-state index contributed by atoms with van der Waals surface area (Å²) >= 11 is 3.29. The van der Waals surface area contributed by atoms with Crippen molar-refractivity contribution in [3.05, 3.63) is 22.7 Å². The fraction of sp³-hybridized carbons (Fsp3) is 0.533. The van der Waals surface area contributed by atoms with Crippen LogP contribution in [-0.4, -0.2) is 53.5 Å². The van der Waals surface area contributed by atoms with Crippen molar-refractivity contribution in [1.29, 1.82) is 0 Å². The largest absolute Gasteiger partial charge is 0.480 e. The van der Waals surface area contributed by atoms with E-state index in [4.69, 9.17) is 0 Å². The number of hydrogen-bond donors (Lipinski definition) is 1. The summed E-state index contributed by atoms with van der Waals surface area (Å²) in [5.41, 5.74) is 0. The van der Waals surface area contributed by atoms with Crippen LogP contribution in [0.3, 0.4) is 0 Å². The molecule has 1 amide bonds.